The average Bonchev–Trinajstić information content (AvgIpc) is 2.62. The van der Waals surface area contributed by atoms with Gasteiger partial charge in [0.1, 0.15) is 0 Å². The summed E-state index contributed by atoms with van der Waals surface area (Å²) in [5.74, 6) is 0.483. The Balaban J connectivity index is 1.69. The fraction of sp³-hybridized carbons (Fsp3) is 0.650. The van der Waals surface area contributed by atoms with E-state index in [1.165, 1.54) is 45.2 Å². The van der Waals surface area contributed by atoms with Gasteiger partial charge in [0.05, 0.1) is 0 Å². The number of amides is 1. The van der Waals surface area contributed by atoms with Crippen LogP contribution in [0.5, 0.6) is 0 Å². The second-order valence-corrected chi connectivity index (χ2v) is 7.37. The number of nitrogens with zero attached hydrogens (tertiary/aromatic N) is 2. The summed E-state index contributed by atoms with van der Waals surface area (Å²) in [5.41, 5.74) is 1.09. The van der Waals surface area contributed by atoms with Crippen molar-refractivity contribution in [1.82, 2.24) is 9.80 Å². The van der Waals surface area contributed by atoms with Gasteiger partial charge in [-0.1, -0.05) is 49.6 Å². The summed E-state index contributed by atoms with van der Waals surface area (Å²) in [6, 6.07) is 10.2. The van der Waals surface area contributed by atoms with Crippen molar-refractivity contribution in [3.63, 3.8) is 0 Å². The van der Waals surface area contributed by atoms with Crippen LogP contribution < -0.4 is 0 Å². The molecule has 1 saturated heterocycles. The Bertz CT molecular complexity index is 514. The highest BCUT2D eigenvalue weighted by Crippen LogP contribution is 2.31. The molecule has 24 heavy (non-hydrogen) atoms. The maximum absolute atomic E-state index is 12.0. The summed E-state index contributed by atoms with van der Waals surface area (Å²) < 4.78 is 0. The highest BCUT2D eigenvalue weighted by atomic mass is 16.4. The monoisotopic (exact) mass is 330 g/mol. The van der Waals surface area contributed by atoms with E-state index in [-0.39, 0.29) is 6.04 Å². The highest BCUT2D eigenvalue weighted by molar-refractivity contribution is 5.65. The maximum atomic E-state index is 12.0. The lowest BCUT2D eigenvalue weighted by Gasteiger charge is -2.41. The lowest BCUT2D eigenvalue weighted by molar-refractivity contribution is 0.0616. The molecule has 1 N–H and O–H groups in total. The molecule has 2 aliphatic rings. The summed E-state index contributed by atoms with van der Waals surface area (Å²) in [5, 5.41) is 9.82. The van der Waals surface area contributed by atoms with Gasteiger partial charge in [0.25, 0.3) is 0 Å². The number of piperidine rings is 1. The Morgan fingerprint density at radius 1 is 1.04 bits per heavy atom. The van der Waals surface area contributed by atoms with Gasteiger partial charge in [-0.05, 0) is 50.3 Å². The average molecular weight is 330 g/mol. The molecule has 4 nitrogen and oxygen atoms in total. The predicted octanol–water partition coefficient (Wildman–Crippen LogP) is 4.21. The van der Waals surface area contributed by atoms with Crippen LogP contribution in [0.2, 0.25) is 0 Å². The fourth-order valence-corrected chi connectivity index (χ4v) is 4.39. The maximum Gasteiger partial charge on any atom is 0.407 e. The number of hydrogen-bond acceptors (Lipinski definition) is 2. The number of hydrogen-bond donors (Lipinski definition) is 1. The van der Waals surface area contributed by atoms with Crippen molar-refractivity contribution in [1.29, 1.82) is 0 Å². The lowest BCUT2D eigenvalue weighted by Crippen LogP contribution is -2.49. The molecule has 1 saturated carbocycles. The van der Waals surface area contributed by atoms with E-state index in [4.69, 9.17) is 0 Å². The van der Waals surface area contributed by atoms with Gasteiger partial charge in [-0.3, -0.25) is 0 Å². The fourth-order valence-electron chi connectivity index (χ4n) is 4.39. The summed E-state index contributed by atoms with van der Waals surface area (Å²) in [6.07, 6.45) is 7.74. The second-order valence-electron chi connectivity index (χ2n) is 7.37. The first kappa shape index (κ1) is 17.3. The van der Waals surface area contributed by atoms with Gasteiger partial charge >= 0.3 is 6.09 Å². The largest absolute Gasteiger partial charge is 0.465 e. The third-order valence-electron chi connectivity index (χ3n) is 5.65. The first-order valence-corrected chi connectivity index (χ1v) is 9.50. The molecule has 0 radical (unpaired) electrons. The van der Waals surface area contributed by atoms with E-state index in [1.54, 1.807) is 4.90 Å². The standard InChI is InChI=1S/C20H30N2O2/c23-20(24)22(15-17-9-3-1-4-10-17)19-12-6-5-11-18(19)16-21-13-7-2-8-14-21/h1,3-4,9-10,18-19H,2,5-8,11-16H2,(H,23,24)/t18-,19+/m0/s1. The van der Waals surface area contributed by atoms with Crippen molar-refractivity contribution in [2.24, 2.45) is 5.92 Å². The molecule has 0 aromatic heterocycles. The van der Waals surface area contributed by atoms with Crippen LogP contribution in [0.3, 0.4) is 0 Å². The Morgan fingerprint density at radius 3 is 2.46 bits per heavy atom. The van der Waals surface area contributed by atoms with Crippen molar-refractivity contribution in [2.45, 2.75) is 57.5 Å². The van der Waals surface area contributed by atoms with E-state index in [1.807, 2.05) is 30.3 Å². The van der Waals surface area contributed by atoms with Crippen LogP contribution in [0, 0.1) is 5.92 Å². The molecule has 0 bridgehead atoms. The van der Waals surface area contributed by atoms with E-state index in [2.05, 4.69) is 4.90 Å². The molecule has 1 aromatic carbocycles. The first-order chi connectivity index (χ1) is 11.7. The van der Waals surface area contributed by atoms with Crippen LogP contribution >= 0.6 is 0 Å². The van der Waals surface area contributed by atoms with Gasteiger partial charge in [0.2, 0.25) is 0 Å². The smallest absolute Gasteiger partial charge is 0.407 e. The van der Waals surface area contributed by atoms with E-state index in [9.17, 15) is 9.90 Å². The van der Waals surface area contributed by atoms with Crippen molar-refractivity contribution in [2.75, 3.05) is 19.6 Å². The van der Waals surface area contributed by atoms with Crippen LogP contribution in [0.1, 0.15) is 50.5 Å². The Morgan fingerprint density at radius 2 is 1.75 bits per heavy atom. The molecule has 132 valence electrons. The molecule has 4 heteroatoms. The molecule has 1 aliphatic heterocycles. The second kappa shape index (κ2) is 8.52. The Hall–Kier alpha value is -1.55. The molecular weight excluding hydrogens is 300 g/mol. The zero-order chi connectivity index (χ0) is 16.8. The van der Waals surface area contributed by atoms with Crippen molar-refractivity contribution < 1.29 is 9.90 Å². The highest BCUT2D eigenvalue weighted by Gasteiger charge is 2.34. The summed E-state index contributed by atoms with van der Waals surface area (Å²) in [7, 11) is 0. The summed E-state index contributed by atoms with van der Waals surface area (Å²) >= 11 is 0. The van der Waals surface area contributed by atoms with Crippen LogP contribution in [-0.4, -0.2) is 46.7 Å². The summed E-state index contributed by atoms with van der Waals surface area (Å²) in [6.45, 7) is 3.96. The van der Waals surface area contributed by atoms with Crippen molar-refractivity contribution in [3.8, 4) is 0 Å². The van der Waals surface area contributed by atoms with Gasteiger partial charge in [-0.2, -0.15) is 0 Å². The van der Waals surface area contributed by atoms with Crippen LogP contribution in [0.4, 0.5) is 4.79 Å². The van der Waals surface area contributed by atoms with E-state index < -0.39 is 6.09 Å². The first-order valence-electron chi connectivity index (χ1n) is 9.50. The molecule has 1 amide bonds. The minimum Gasteiger partial charge on any atom is -0.465 e. The van der Waals surface area contributed by atoms with Crippen molar-refractivity contribution >= 4 is 6.09 Å². The van der Waals surface area contributed by atoms with Crippen LogP contribution in [-0.2, 0) is 6.54 Å². The van der Waals surface area contributed by atoms with Gasteiger partial charge in [-0.25, -0.2) is 4.79 Å². The van der Waals surface area contributed by atoms with E-state index in [0.29, 0.717) is 12.5 Å². The summed E-state index contributed by atoms with van der Waals surface area (Å²) in [4.78, 5) is 16.2. The topological polar surface area (TPSA) is 43.8 Å². The number of likely N-dealkylation sites (tertiary alicyclic amines) is 1. The molecule has 2 fully saturated rings. The number of carbonyl (C=O) groups is 1. The molecule has 1 heterocycles. The molecule has 1 aromatic rings. The third-order valence-corrected chi connectivity index (χ3v) is 5.65. The van der Waals surface area contributed by atoms with Gasteiger partial charge in [0.15, 0.2) is 0 Å². The SMILES string of the molecule is O=C(O)N(Cc1ccccc1)[C@@H]1CCCC[C@H]1CN1CCCCC1. The van der Waals surface area contributed by atoms with E-state index in [0.717, 1.165) is 24.9 Å². The zero-order valence-corrected chi connectivity index (χ0v) is 14.6. The third kappa shape index (κ3) is 4.50. The van der Waals surface area contributed by atoms with Crippen molar-refractivity contribution in [3.05, 3.63) is 35.9 Å². The number of rotatable bonds is 5. The number of benzene rings is 1. The predicted molar refractivity (Wildman–Crippen MR) is 96.0 cm³/mol. The van der Waals surface area contributed by atoms with Gasteiger partial charge in [0, 0.05) is 19.1 Å². The number of carboxylic acid groups (broad SMARTS) is 1. The van der Waals surface area contributed by atoms with Crippen LogP contribution in [0.25, 0.3) is 0 Å². The van der Waals surface area contributed by atoms with Gasteiger partial charge in [-0.15, -0.1) is 0 Å². The minimum absolute atomic E-state index is 0.165. The molecule has 0 unspecified atom stereocenters. The molecular formula is C20H30N2O2. The lowest BCUT2D eigenvalue weighted by atomic mass is 9.82. The molecule has 1 aliphatic carbocycles. The Kier molecular flexibility index (Phi) is 6.13. The zero-order valence-electron chi connectivity index (χ0n) is 14.6. The minimum atomic E-state index is -0.769. The molecule has 2 atom stereocenters. The Labute approximate surface area is 145 Å². The normalized spacial score (nSPS) is 25.3. The quantitative estimate of drug-likeness (QED) is 0.879. The molecule has 3 rings (SSSR count). The van der Waals surface area contributed by atoms with Gasteiger partial charge < -0.3 is 14.9 Å². The molecule has 0 spiro atoms. The van der Waals surface area contributed by atoms with Crippen LogP contribution in [0.15, 0.2) is 30.3 Å². The van der Waals surface area contributed by atoms with E-state index >= 15 is 0 Å².